The quantitative estimate of drug-likeness (QED) is 0.215. The van der Waals surface area contributed by atoms with E-state index in [0.29, 0.717) is 56.2 Å². The molecule has 0 aliphatic carbocycles. The lowest BCUT2D eigenvalue weighted by atomic mass is 9.98. The van der Waals surface area contributed by atoms with Gasteiger partial charge in [-0.3, -0.25) is 0 Å². The Balaban J connectivity index is 0.00000134. The molecule has 2 heterocycles. The standard InChI is InChI=1S/C27H28N2O7.CH2Cl2/c1-13-8-15-9-18(28-20(12-30)22(15)26(35-6)24(13)33-4)23-16-11-21(32-3)14(2)25(34-5)17(16)10-19(29-23)27(31)36-7;2-1-3/h8-11,30H,12H2,1-7H3;1H2. The first-order chi connectivity index (χ1) is 18.7. The number of methoxy groups -OCH3 is 5. The zero-order valence-corrected chi connectivity index (χ0v) is 24.3. The van der Waals surface area contributed by atoms with Crippen molar-refractivity contribution in [2.45, 2.75) is 20.5 Å². The second kappa shape index (κ2) is 13.0. The first-order valence-electron chi connectivity index (χ1n) is 11.7. The van der Waals surface area contributed by atoms with Crippen LogP contribution >= 0.6 is 23.2 Å². The van der Waals surface area contributed by atoms with E-state index in [4.69, 9.17) is 51.9 Å². The molecular formula is C28H30Cl2N2O7. The van der Waals surface area contributed by atoms with Gasteiger partial charge in [-0.15, -0.1) is 23.2 Å². The first kappa shape index (κ1) is 30.0. The zero-order chi connectivity index (χ0) is 28.9. The Morgan fingerprint density at radius 3 is 2.03 bits per heavy atom. The highest BCUT2D eigenvalue weighted by Gasteiger charge is 2.23. The number of aliphatic hydroxyl groups excluding tert-OH is 1. The minimum Gasteiger partial charge on any atom is -0.496 e. The molecule has 0 spiro atoms. The van der Waals surface area contributed by atoms with Gasteiger partial charge < -0.3 is 28.8 Å². The molecule has 1 N–H and O–H groups in total. The number of halogens is 2. The van der Waals surface area contributed by atoms with Crippen molar-refractivity contribution in [1.82, 2.24) is 9.97 Å². The topological polar surface area (TPSA) is 109 Å². The maximum atomic E-state index is 12.5. The molecule has 0 bridgehead atoms. The normalized spacial score (nSPS) is 10.6. The predicted molar refractivity (Wildman–Crippen MR) is 152 cm³/mol. The van der Waals surface area contributed by atoms with Gasteiger partial charge in [0.05, 0.1) is 70.0 Å². The van der Waals surface area contributed by atoms with Crippen LogP contribution in [0.1, 0.15) is 27.3 Å². The SMILES string of the molecule is COC(=O)c1cc2c(OC)c(C)c(OC)cc2c(-c2cc3cc(C)c(OC)c(OC)c3c(CO)n2)n1.ClCCl. The molecule has 4 aromatic rings. The molecule has 208 valence electrons. The lowest BCUT2D eigenvalue weighted by Gasteiger charge is -2.18. The van der Waals surface area contributed by atoms with E-state index < -0.39 is 5.97 Å². The fourth-order valence-electron chi connectivity index (χ4n) is 4.59. The number of carbonyl (C=O) groups is 1. The van der Waals surface area contributed by atoms with Crippen LogP contribution < -0.4 is 18.9 Å². The van der Waals surface area contributed by atoms with Gasteiger partial charge in [0.1, 0.15) is 17.2 Å². The predicted octanol–water partition coefficient (Wildman–Crippen LogP) is 5.80. The van der Waals surface area contributed by atoms with Crippen LogP contribution in [0.4, 0.5) is 0 Å². The number of aromatic nitrogens is 2. The van der Waals surface area contributed by atoms with Crippen LogP contribution in [0.3, 0.4) is 0 Å². The number of benzene rings is 2. The fraction of sp³-hybridized carbons (Fsp3) is 0.321. The molecule has 9 nitrogen and oxygen atoms in total. The van der Waals surface area contributed by atoms with Crippen molar-refractivity contribution in [2.75, 3.05) is 40.9 Å². The largest absolute Gasteiger partial charge is 0.496 e. The number of alkyl halides is 2. The van der Waals surface area contributed by atoms with Gasteiger partial charge in [0.15, 0.2) is 11.5 Å². The van der Waals surface area contributed by atoms with Crippen LogP contribution in [0.15, 0.2) is 24.3 Å². The number of pyridine rings is 2. The molecule has 39 heavy (non-hydrogen) atoms. The zero-order valence-electron chi connectivity index (χ0n) is 22.8. The molecule has 0 saturated carbocycles. The van der Waals surface area contributed by atoms with Crippen molar-refractivity contribution >= 4 is 50.7 Å². The van der Waals surface area contributed by atoms with Crippen LogP contribution in [0, 0.1) is 13.8 Å². The van der Waals surface area contributed by atoms with Gasteiger partial charge in [-0.1, -0.05) is 0 Å². The third-order valence-electron chi connectivity index (χ3n) is 6.20. The highest BCUT2D eigenvalue weighted by Crippen LogP contribution is 2.43. The van der Waals surface area contributed by atoms with Crippen LogP contribution in [0.5, 0.6) is 23.0 Å². The number of hydrogen-bond donors (Lipinski definition) is 1. The molecule has 0 radical (unpaired) electrons. The lowest BCUT2D eigenvalue weighted by molar-refractivity contribution is 0.0594. The summed E-state index contributed by atoms with van der Waals surface area (Å²) in [4.78, 5) is 21.9. The van der Waals surface area contributed by atoms with Crippen LogP contribution in [-0.2, 0) is 11.3 Å². The highest BCUT2D eigenvalue weighted by molar-refractivity contribution is 6.40. The molecule has 2 aromatic carbocycles. The number of ether oxygens (including phenoxy) is 5. The summed E-state index contributed by atoms with van der Waals surface area (Å²) in [5.74, 6) is 1.59. The van der Waals surface area contributed by atoms with Crippen molar-refractivity contribution in [3.63, 3.8) is 0 Å². The number of rotatable bonds is 7. The summed E-state index contributed by atoms with van der Waals surface area (Å²) in [7, 11) is 7.53. The number of fused-ring (bicyclic) bond motifs is 2. The Labute approximate surface area is 236 Å². The van der Waals surface area contributed by atoms with Crippen LogP contribution in [0.2, 0.25) is 0 Å². The molecule has 0 aliphatic rings. The number of aliphatic hydroxyl groups is 1. The van der Waals surface area contributed by atoms with Crippen molar-refractivity contribution < 1.29 is 33.6 Å². The number of hydrogen-bond acceptors (Lipinski definition) is 9. The van der Waals surface area contributed by atoms with Crippen molar-refractivity contribution in [1.29, 1.82) is 0 Å². The second-order valence-corrected chi connectivity index (χ2v) is 9.06. The van der Waals surface area contributed by atoms with Crippen molar-refractivity contribution in [2.24, 2.45) is 0 Å². The maximum Gasteiger partial charge on any atom is 0.356 e. The fourth-order valence-corrected chi connectivity index (χ4v) is 4.59. The summed E-state index contributed by atoms with van der Waals surface area (Å²) in [6.45, 7) is 3.42. The Bertz CT molecular complexity index is 1530. The van der Waals surface area contributed by atoms with Gasteiger partial charge in [-0.05, 0) is 49.1 Å². The summed E-state index contributed by atoms with van der Waals surface area (Å²) in [5.41, 5.74) is 2.95. The molecule has 0 fully saturated rings. The average molecular weight is 577 g/mol. The molecule has 2 aromatic heterocycles. The minimum absolute atomic E-state index is 0.0961. The summed E-state index contributed by atoms with van der Waals surface area (Å²) in [6.07, 6.45) is 0. The number of carbonyl (C=O) groups excluding carboxylic acids is 1. The third kappa shape index (κ3) is 5.61. The third-order valence-corrected chi connectivity index (χ3v) is 6.20. The Morgan fingerprint density at radius 2 is 1.49 bits per heavy atom. The van der Waals surface area contributed by atoms with Gasteiger partial charge in [0.25, 0.3) is 0 Å². The summed E-state index contributed by atoms with van der Waals surface area (Å²) < 4.78 is 27.4. The number of nitrogens with zero attached hydrogens (tertiary/aromatic N) is 2. The molecule has 11 heteroatoms. The van der Waals surface area contributed by atoms with E-state index in [2.05, 4.69) is 4.98 Å². The Hall–Kier alpha value is -3.53. The number of esters is 1. The van der Waals surface area contributed by atoms with E-state index in [1.807, 2.05) is 32.0 Å². The monoisotopic (exact) mass is 576 g/mol. The van der Waals surface area contributed by atoms with Gasteiger partial charge >= 0.3 is 5.97 Å². The molecule has 4 rings (SSSR count). The van der Waals surface area contributed by atoms with E-state index in [1.165, 1.54) is 7.11 Å². The van der Waals surface area contributed by atoms with Gasteiger partial charge in [0, 0.05) is 16.3 Å². The maximum absolute atomic E-state index is 12.5. The minimum atomic E-state index is -0.598. The average Bonchev–Trinajstić information content (AvgIpc) is 2.94. The molecule has 0 aliphatic heterocycles. The van der Waals surface area contributed by atoms with Gasteiger partial charge in [-0.25, -0.2) is 14.8 Å². The van der Waals surface area contributed by atoms with E-state index >= 15 is 0 Å². The molecular weight excluding hydrogens is 547 g/mol. The van der Waals surface area contributed by atoms with E-state index in [9.17, 15) is 9.90 Å². The van der Waals surface area contributed by atoms with E-state index in [-0.39, 0.29) is 17.6 Å². The van der Waals surface area contributed by atoms with Gasteiger partial charge in [-0.2, -0.15) is 0 Å². The van der Waals surface area contributed by atoms with Crippen molar-refractivity contribution in [3.05, 3.63) is 46.8 Å². The summed E-state index contributed by atoms with van der Waals surface area (Å²) >= 11 is 9.53. The first-order valence-corrected chi connectivity index (χ1v) is 12.7. The lowest BCUT2D eigenvalue weighted by Crippen LogP contribution is -2.07. The van der Waals surface area contributed by atoms with E-state index in [0.717, 1.165) is 16.5 Å². The van der Waals surface area contributed by atoms with E-state index in [1.54, 1.807) is 34.5 Å². The van der Waals surface area contributed by atoms with Crippen LogP contribution in [-0.4, -0.2) is 61.9 Å². The molecule has 0 amide bonds. The van der Waals surface area contributed by atoms with Gasteiger partial charge in [0.2, 0.25) is 0 Å². The molecule has 0 unspecified atom stereocenters. The Kier molecular flexibility index (Phi) is 10.0. The summed E-state index contributed by atoms with van der Waals surface area (Å²) in [6, 6.07) is 7.23. The van der Waals surface area contributed by atoms with Crippen molar-refractivity contribution in [3.8, 4) is 34.4 Å². The second-order valence-electron chi connectivity index (χ2n) is 8.25. The highest BCUT2D eigenvalue weighted by atomic mass is 35.5. The smallest absolute Gasteiger partial charge is 0.356 e. The number of aryl methyl sites for hydroxylation is 1. The molecule has 0 saturated heterocycles. The Morgan fingerprint density at radius 1 is 0.846 bits per heavy atom. The molecule has 0 atom stereocenters. The van der Waals surface area contributed by atoms with Crippen LogP contribution in [0.25, 0.3) is 32.9 Å². The summed E-state index contributed by atoms with van der Waals surface area (Å²) in [5, 5.41) is 13.2.